The summed E-state index contributed by atoms with van der Waals surface area (Å²) < 4.78 is 12.5. The Morgan fingerprint density at radius 2 is 1.85 bits per heavy atom. The van der Waals surface area contributed by atoms with Crippen molar-refractivity contribution in [3.05, 3.63) is 58.1 Å². The van der Waals surface area contributed by atoms with Gasteiger partial charge in [-0.1, -0.05) is 37.3 Å². The lowest BCUT2D eigenvalue weighted by Gasteiger charge is -2.42. The summed E-state index contributed by atoms with van der Waals surface area (Å²) in [5.74, 6) is 1.01. The molecule has 0 saturated heterocycles. The third-order valence-electron chi connectivity index (χ3n) is 5.93. The zero-order valence-corrected chi connectivity index (χ0v) is 16.8. The number of fused-ring (bicyclic) bond motifs is 1. The second kappa shape index (κ2) is 7.26. The molecule has 0 spiro atoms. The van der Waals surface area contributed by atoms with Gasteiger partial charge >= 0.3 is 5.97 Å². The van der Waals surface area contributed by atoms with Crippen molar-refractivity contribution in [3.63, 3.8) is 0 Å². The molecular formula is C23H28O4. The second-order valence-corrected chi connectivity index (χ2v) is 7.88. The fourth-order valence-corrected chi connectivity index (χ4v) is 3.85. The van der Waals surface area contributed by atoms with Gasteiger partial charge in [-0.05, 0) is 56.4 Å². The Morgan fingerprint density at radius 3 is 2.48 bits per heavy atom. The molecule has 1 heterocycles. The Morgan fingerprint density at radius 1 is 1.19 bits per heavy atom. The van der Waals surface area contributed by atoms with Gasteiger partial charge in [-0.3, -0.25) is 4.79 Å². The van der Waals surface area contributed by atoms with Crippen molar-refractivity contribution < 1.29 is 19.4 Å². The monoisotopic (exact) mass is 368 g/mol. The van der Waals surface area contributed by atoms with Crippen LogP contribution in [0, 0.1) is 26.7 Å². The van der Waals surface area contributed by atoms with Gasteiger partial charge in [0.1, 0.15) is 23.7 Å². The standard InChI is InChI=1S/C23H28O4/c1-14-11-19-17(4)21(26-13-18-9-7-6-8-10-18)15(2)16(3)22(19)27-23(14,5)12-20(24)25/h6-10,14H,11-13H2,1-5H3,(H,24,25)/t14?,23-/m0/s1. The highest BCUT2D eigenvalue weighted by Crippen LogP contribution is 2.46. The molecule has 0 aliphatic carbocycles. The Bertz CT molecular complexity index is 857. The van der Waals surface area contributed by atoms with E-state index in [0.717, 1.165) is 45.7 Å². The summed E-state index contributed by atoms with van der Waals surface area (Å²) in [6.45, 7) is 10.6. The van der Waals surface area contributed by atoms with Crippen molar-refractivity contribution in [2.24, 2.45) is 5.92 Å². The van der Waals surface area contributed by atoms with E-state index in [1.165, 1.54) is 0 Å². The lowest BCUT2D eigenvalue weighted by atomic mass is 9.78. The molecule has 0 radical (unpaired) electrons. The number of carboxylic acid groups (broad SMARTS) is 1. The van der Waals surface area contributed by atoms with Crippen LogP contribution < -0.4 is 9.47 Å². The van der Waals surface area contributed by atoms with Crippen LogP contribution in [0.5, 0.6) is 11.5 Å². The minimum atomic E-state index is -0.832. The second-order valence-electron chi connectivity index (χ2n) is 7.88. The first-order valence-electron chi connectivity index (χ1n) is 9.43. The van der Waals surface area contributed by atoms with E-state index in [1.54, 1.807) is 0 Å². The van der Waals surface area contributed by atoms with Gasteiger partial charge < -0.3 is 14.6 Å². The number of benzene rings is 2. The molecule has 4 nitrogen and oxygen atoms in total. The maximum Gasteiger partial charge on any atom is 0.307 e. The maximum absolute atomic E-state index is 11.3. The van der Waals surface area contributed by atoms with E-state index < -0.39 is 11.6 Å². The van der Waals surface area contributed by atoms with Gasteiger partial charge in [0.05, 0.1) is 6.42 Å². The lowest BCUT2D eigenvalue weighted by molar-refractivity contribution is -0.143. The van der Waals surface area contributed by atoms with Gasteiger partial charge in [0.15, 0.2) is 0 Å². The first-order chi connectivity index (χ1) is 12.7. The Kier molecular flexibility index (Phi) is 5.18. The van der Waals surface area contributed by atoms with E-state index >= 15 is 0 Å². The molecule has 2 aromatic carbocycles. The van der Waals surface area contributed by atoms with Crippen molar-refractivity contribution in [2.45, 2.75) is 59.7 Å². The SMILES string of the molecule is Cc1c(C)c2c(c(C)c1OCc1ccccc1)CC(C)[C@](C)(CC(=O)O)O2. The molecular weight excluding hydrogens is 340 g/mol. The minimum Gasteiger partial charge on any atom is -0.488 e. The molecule has 0 bridgehead atoms. The number of hydrogen-bond acceptors (Lipinski definition) is 3. The molecule has 144 valence electrons. The van der Waals surface area contributed by atoms with Crippen molar-refractivity contribution in [1.82, 2.24) is 0 Å². The van der Waals surface area contributed by atoms with E-state index in [-0.39, 0.29) is 12.3 Å². The van der Waals surface area contributed by atoms with Crippen LogP contribution in [0.3, 0.4) is 0 Å². The molecule has 1 unspecified atom stereocenters. The van der Waals surface area contributed by atoms with Crippen LogP contribution in [-0.2, 0) is 17.8 Å². The van der Waals surface area contributed by atoms with Crippen LogP contribution in [0.4, 0.5) is 0 Å². The molecule has 4 heteroatoms. The van der Waals surface area contributed by atoms with E-state index in [0.29, 0.717) is 6.61 Å². The Labute approximate surface area is 161 Å². The van der Waals surface area contributed by atoms with E-state index in [2.05, 4.69) is 26.0 Å². The summed E-state index contributed by atoms with van der Waals surface area (Å²) in [6.07, 6.45) is 0.783. The summed E-state index contributed by atoms with van der Waals surface area (Å²) in [6, 6.07) is 10.1. The smallest absolute Gasteiger partial charge is 0.307 e. The van der Waals surface area contributed by atoms with Gasteiger partial charge in [0.25, 0.3) is 0 Å². The van der Waals surface area contributed by atoms with Crippen LogP contribution in [0.1, 0.15) is 48.1 Å². The van der Waals surface area contributed by atoms with Crippen molar-refractivity contribution in [2.75, 3.05) is 0 Å². The molecule has 0 aromatic heterocycles. The van der Waals surface area contributed by atoms with Gasteiger partial charge in [0.2, 0.25) is 0 Å². The molecule has 2 aromatic rings. The summed E-state index contributed by atoms with van der Waals surface area (Å²) in [7, 11) is 0. The first-order valence-corrected chi connectivity index (χ1v) is 9.43. The largest absolute Gasteiger partial charge is 0.488 e. The lowest BCUT2D eigenvalue weighted by Crippen LogP contribution is -2.45. The molecule has 0 amide bonds. The average molecular weight is 368 g/mol. The normalized spacial score (nSPS) is 21.3. The number of aliphatic carboxylic acids is 1. The van der Waals surface area contributed by atoms with Crippen LogP contribution >= 0.6 is 0 Å². The Balaban J connectivity index is 1.96. The van der Waals surface area contributed by atoms with E-state index in [1.807, 2.05) is 39.0 Å². The fourth-order valence-electron chi connectivity index (χ4n) is 3.85. The molecule has 27 heavy (non-hydrogen) atoms. The van der Waals surface area contributed by atoms with Gasteiger partial charge in [-0.15, -0.1) is 0 Å². The fraction of sp³-hybridized carbons (Fsp3) is 0.435. The molecule has 1 N–H and O–H groups in total. The summed E-state index contributed by atoms with van der Waals surface area (Å²) in [5, 5.41) is 9.30. The van der Waals surface area contributed by atoms with Gasteiger partial charge in [-0.2, -0.15) is 0 Å². The quantitative estimate of drug-likeness (QED) is 0.807. The molecule has 2 atom stereocenters. The summed E-state index contributed by atoms with van der Waals surface area (Å²) in [5.41, 5.74) is 4.74. The number of hydrogen-bond donors (Lipinski definition) is 1. The van der Waals surface area contributed by atoms with E-state index in [9.17, 15) is 9.90 Å². The molecule has 1 aliphatic rings. The molecule has 3 rings (SSSR count). The van der Waals surface area contributed by atoms with Crippen LogP contribution in [0.15, 0.2) is 30.3 Å². The van der Waals surface area contributed by atoms with Crippen LogP contribution in [0.25, 0.3) is 0 Å². The number of carbonyl (C=O) groups is 1. The van der Waals surface area contributed by atoms with E-state index in [4.69, 9.17) is 9.47 Å². The predicted molar refractivity (Wildman–Crippen MR) is 106 cm³/mol. The van der Waals surface area contributed by atoms with Crippen molar-refractivity contribution in [3.8, 4) is 11.5 Å². The third kappa shape index (κ3) is 3.66. The topological polar surface area (TPSA) is 55.8 Å². The highest BCUT2D eigenvalue weighted by atomic mass is 16.5. The number of carboxylic acids is 1. The average Bonchev–Trinajstić information content (AvgIpc) is 2.62. The highest BCUT2D eigenvalue weighted by Gasteiger charge is 2.42. The first kappa shape index (κ1) is 19.3. The van der Waals surface area contributed by atoms with Gasteiger partial charge in [0, 0.05) is 11.5 Å². The highest BCUT2D eigenvalue weighted by molar-refractivity contribution is 5.69. The zero-order chi connectivity index (χ0) is 19.8. The number of rotatable bonds is 5. The summed E-state index contributed by atoms with van der Waals surface area (Å²) in [4.78, 5) is 11.3. The van der Waals surface area contributed by atoms with Crippen LogP contribution in [-0.4, -0.2) is 16.7 Å². The van der Waals surface area contributed by atoms with Crippen LogP contribution in [0.2, 0.25) is 0 Å². The summed E-state index contributed by atoms with van der Waals surface area (Å²) >= 11 is 0. The maximum atomic E-state index is 11.3. The third-order valence-corrected chi connectivity index (χ3v) is 5.93. The van der Waals surface area contributed by atoms with Gasteiger partial charge in [-0.25, -0.2) is 0 Å². The predicted octanol–water partition coefficient (Wildman–Crippen LogP) is 5.00. The Hall–Kier alpha value is -2.49. The minimum absolute atomic E-state index is 0.00258. The zero-order valence-electron chi connectivity index (χ0n) is 16.8. The molecule has 1 aliphatic heterocycles. The van der Waals surface area contributed by atoms with Crippen molar-refractivity contribution in [1.29, 1.82) is 0 Å². The number of ether oxygens (including phenoxy) is 2. The molecule has 0 fully saturated rings. The van der Waals surface area contributed by atoms with Crippen molar-refractivity contribution >= 4 is 5.97 Å². The molecule has 0 saturated carbocycles.